The summed E-state index contributed by atoms with van der Waals surface area (Å²) in [6, 6.07) is 14.5. The number of fused-ring (bicyclic) bond motifs is 1. The third kappa shape index (κ3) is 4.22. The predicted molar refractivity (Wildman–Crippen MR) is 119 cm³/mol. The number of nitrogens with one attached hydrogen (secondary N) is 2. The lowest BCUT2D eigenvalue weighted by Crippen LogP contribution is -2.19. The summed E-state index contributed by atoms with van der Waals surface area (Å²) >= 11 is 5.51. The minimum absolute atomic E-state index is 0.572. The Hall–Kier alpha value is -2.73. The third-order valence-corrected chi connectivity index (χ3v) is 5.17. The maximum atomic E-state index is 5.51. The Morgan fingerprint density at radius 1 is 0.929 bits per heavy atom. The van der Waals surface area contributed by atoms with E-state index in [4.69, 9.17) is 12.2 Å². The molecule has 0 fully saturated rings. The number of hydrogen-bond acceptors (Lipinski definition) is 3. The molecule has 2 heterocycles. The molecule has 0 radical (unpaired) electrons. The van der Waals surface area contributed by atoms with Crippen molar-refractivity contribution in [2.24, 2.45) is 0 Å². The minimum atomic E-state index is 0.572. The molecule has 0 spiro atoms. The van der Waals surface area contributed by atoms with Gasteiger partial charge in [0.15, 0.2) is 10.9 Å². The van der Waals surface area contributed by atoms with Crippen LogP contribution in [0.5, 0.6) is 0 Å². The molecule has 0 atom stereocenters. The van der Waals surface area contributed by atoms with E-state index in [0.29, 0.717) is 5.11 Å². The summed E-state index contributed by atoms with van der Waals surface area (Å²) < 4.78 is 2.26. The van der Waals surface area contributed by atoms with Gasteiger partial charge in [-0.1, -0.05) is 24.6 Å². The second kappa shape index (κ2) is 8.10. The molecule has 2 N–H and O–H groups in total. The van der Waals surface area contributed by atoms with Crippen LogP contribution in [-0.4, -0.2) is 19.9 Å². The number of nitrogens with zero attached hydrogens (tertiary/aromatic N) is 3. The fourth-order valence-corrected chi connectivity index (χ4v) is 4.01. The molecule has 0 saturated carbocycles. The summed E-state index contributed by atoms with van der Waals surface area (Å²) in [5.74, 6) is 2.03. The maximum absolute atomic E-state index is 5.51. The van der Waals surface area contributed by atoms with Gasteiger partial charge in [0.2, 0.25) is 0 Å². The third-order valence-electron chi connectivity index (χ3n) is 4.97. The molecule has 0 bridgehead atoms. The van der Waals surface area contributed by atoms with Crippen molar-refractivity contribution >= 4 is 28.7 Å². The summed E-state index contributed by atoms with van der Waals surface area (Å²) in [5, 5.41) is 16.0. The molecule has 0 amide bonds. The van der Waals surface area contributed by atoms with Crippen LogP contribution in [-0.2, 0) is 13.0 Å². The summed E-state index contributed by atoms with van der Waals surface area (Å²) in [5.41, 5.74) is 5.40. The molecule has 144 valence electrons. The highest BCUT2D eigenvalue weighted by atomic mass is 32.1. The smallest absolute Gasteiger partial charge is 0.175 e. The summed E-state index contributed by atoms with van der Waals surface area (Å²) in [6.07, 6.45) is 4.63. The van der Waals surface area contributed by atoms with E-state index >= 15 is 0 Å². The molecule has 3 aromatic rings. The van der Waals surface area contributed by atoms with Crippen LogP contribution in [0.15, 0.2) is 42.5 Å². The summed E-state index contributed by atoms with van der Waals surface area (Å²) in [7, 11) is 0. The Morgan fingerprint density at radius 2 is 1.71 bits per heavy atom. The van der Waals surface area contributed by atoms with Gasteiger partial charge in [-0.25, -0.2) is 0 Å². The van der Waals surface area contributed by atoms with Crippen molar-refractivity contribution in [1.29, 1.82) is 0 Å². The van der Waals surface area contributed by atoms with Gasteiger partial charge in [-0.3, -0.25) is 0 Å². The number of rotatable bonds is 3. The highest BCUT2D eigenvalue weighted by Gasteiger charge is 2.16. The topological polar surface area (TPSA) is 54.8 Å². The molecule has 0 unspecified atom stereocenters. The second-order valence-electron chi connectivity index (χ2n) is 7.44. The van der Waals surface area contributed by atoms with E-state index in [1.165, 1.54) is 30.4 Å². The van der Waals surface area contributed by atoms with Gasteiger partial charge in [-0.2, -0.15) is 0 Å². The Bertz CT molecular complexity index is 988. The first-order valence-electron chi connectivity index (χ1n) is 9.77. The molecule has 1 aromatic heterocycles. The number of hydrogen-bond donors (Lipinski definition) is 2. The maximum Gasteiger partial charge on any atom is 0.175 e. The predicted octanol–water partition coefficient (Wildman–Crippen LogP) is 5.10. The number of aromatic nitrogens is 3. The van der Waals surface area contributed by atoms with E-state index in [0.717, 1.165) is 41.6 Å². The molecule has 4 rings (SSSR count). The van der Waals surface area contributed by atoms with Crippen LogP contribution >= 0.6 is 12.2 Å². The molecule has 6 heteroatoms. The van der Waals surface area contributed by atoms with Crippen molar-refractivity contribution in [2.75, 3.05) is 10.6 Å². The molecular weight excluding hydrogens is 366 g/mol. The highest BCUT2D eigenvalue weighted by Crippen LogP contribution is 2.25. The van der Waals surface area contributed by atoms with E-state index < -0.39 is 0 Å². The average molecular weight is 392 g/mol. The van der Waals surface area contributed by atoms with E-state index in [2.05, 4.69) is 69.6 Å². The average Bonchev–Trinajstić information content (AvgIpc) is 2.89. The van der Waals surface area contributed by atoms with Gasteiger partial charge < -0.3 is 15.2 Å². The molecule has 1 aliphatic rings. The van der Waals surface area contributed by atoms with Crippen molar-refractivity contribution in [3.63, 3.8) is 0 Å². The lowest BCUT2D eigenvalue weighted by Gasteiger charge is -2.13. The van der Waals surface area contributed by atoms with Crippen LogP contribution in [0.4, 0.5) is 11.4 Å². The fraction of sp³-hybridized carbons (Fsp3) is 0.318. The fourth-order valence-electron chi connectivity index (χ4n) is 3.77. The molecule has 0 aliphatic carbocycles. The first-order chi connectivity index (χ1) is 13.6. The van der Waals surface area contributed by atoms with Crippen molar-refractivity contribution in [1.82, 2.24) is 14.8 Å². The zero-order chi connectivity index (χ0) is 19.5. The SMILES string of the molecule is Cc1cc(C)cc(NC(=S)Nc2cccc(-c3nnc4n3CCCCC4)c2)c1. The Morgan fingerprint density at radius 3 is 2.54 bits per heavy atom. The van der Waals surface area contributed by atoms with Crippen molar-refractivity contribution < 1.29 is 0 Å². The molecule has 2 aromatic carbocycles. The van der Waals surface area contributed by atoms with Gasteiger partial charge in [0.1, 0.15) is 5.82 Å². The quantitative estimate of drug-likeness (QED) is 0.609. The Labute approximate surface area is 171 Å². The summed E-state index contributed by atoms with van der Waals surface area (Å²) in [6.45, 7) is 5.15. The first-order valence-corrected chi connectivity index (χ1v) is 10.2. The standard InChI is InChI=1S/C22H25N5S/c1-15-11-16(2)13-19(12-15)24-22(28)23-18-8-6-7-17(14-18)21-26-25-20-9-4-3-5-10-27(20)21/h6-8,11-14H,3-5,9-10H2,1-2H3,(H2,23,24,28). The number of thiocarbonyl (C=S) groups is 1. The van der Waals surface area contributed by atoms with E-state index in [1.807, 2.05) is 12.1 Å². The van der Waals surface area contributed by atoms with Gasteiger partial charge in [0, 0.05) is 29.9 Å². The van der Waals surface area contributed by atoms with Crippen LogP contribution in [0.3, 0.4) is 0 Å². The number of anilines is 2. The molecule has 0 saturated heterocycles. The lowest BCUT2D eigenvalue weighted by molar-refractivity contribution is 0.636. The van der Waals surface area contributed by atoms with Crippen molar-refractivity contribution in [3.05, 3.63) is 59.4 Å². The van der Waals surface area contributed by atoms with Gasteiger partial charge in [0.05, 0.1) is 0 Å². The molecule has 1 aliphatic heterocycles. The minimum Gasteiger partial charge on any atom is -0.332 e. The largest absolute Gasteiger partial charge is 0.332 e. The second-order valence-corrected chi connectivity index (χ2v) is 7.85. The van der Waals surface area contributed by atoms with Crippen LogP contribution in [0.1, 0.15) is 36.2 Å². The van der Waals surface area contributed by atoms with E-state index in [9.17, 15) is 0 Å². The number of benzene rings is 2. The molecular formula is C22H25N5S. The number of aryl methyl sites for hydroxylation is 3. The van der Waals surface area contributed by atoms with Gasteiger partial charge in [-0.15, -0.1) is 10.2 Å². The normalized spacial score (nSPS) is 13.5. The van der Waals surface area contributed by atoms with E-state index in [-0.39, 0.29) is 0 Å². The van der Waals surface area contributed by atoms with Gasteiger partial charge >= 0.3 is 0 Å². The Balaban J connectivity index is 1.51. The Kier molecular flexibility index (Phi) is 5.39. The monoisotopic (exact) mass is 391 g/mol. The van der Waals surface area contributed by atoms with Crippen LogP contribution in [0.25, 0.3) is 11.4 Å². The van der Waals surface area contributed by atoms with Crippen LogP contribution < -0.4 is 10.6 Å². The van der Waals surface area contributed by atoms with Crippen molar-refractivity contribution in [3.8, 4) is 11.4 Å². The van der Waals surface area contributed by atoms with Crippen LogP contribution in [0, 0.1) is 13.8 Å². The van der Waals surface area contributed by atoms with Crippen LogP contribution in [0.2, 0.25) is 0 Å². The van der Waals surface area contributed by atoms with Crippen molar-refractivity contribution in [2.45, 2.75) is 46.1 Å². The van der Waals surface area contributed by atoms with Gasteiger partial charge in [0.25, 0.3) is 0 Å². The lowest BCUT2D eigenvalue weighted by atomic mass is 10.1. The van der Waals surface area contributed by atoms with Gasteiger partial charge in [-0.05, 0) is 74.3 Å². The zero-order valence-corrected chi connectivity index (χ0v) is 17.1. The zero-order valence-electron chi connectivity index (χ0n) is 16.3. The summed E-state index contributed by atoms with van der Waals surface area (Å²) in [4.78, 5) is 0. The molecule has 5 nitrogen and oxygen atoms in total. The first kappa shape index (κ1) is 18.6. The molecule has 28 heavy (non-hydrogen) atoms. The van der Waals surface area contributed by atoms with E-state index in [1.54, 1.807) is 0 Å². The highest BCUT2D eigenvalue weighted by molar-refractivity contribution is 7.80.